The molecule has 0 saturated carbocycles. The molecule has 0 aliphatic heterocycles. The Balaban J connectivity index is 2.67. The van der Waals surface area contributed by atoms with Gasteiger partial charge < -0.3 is 15.2 Å². The third-order valence-electron chi connectivity index (χ3n) is 0.807. The van der Waals surface area contributed by atoms with Crippen molar-refractivity contribution in [2.45, 2.75) is 0 Å². The summed E-state index contributed by atoms with van der Waals surface area (Å²) in [4.78, 5) is 17.0. The lowest BCUT2D eigenvalue weighted by molar-refractivity contribution is -0.242. The fraction of sp³-hybridized carbons (Fsp3) is 0. The average molecular weight is 138 g/mol. The van der Waals surface area contributed by atoms with Gasteiger partial charge in [-0.05, 0) is 0 Å². The number of carbonyl (C=O) groups excluding carboxylic acids is 1. The maximum Gasteiger partial charge on any atom is 0.138 e. The molecule has 0 atom stereocenters. The Bertz CT molecular complexity index is 224. The lowest BCUT2D eigenvalue weighted by Gasteiger charge is -2.02. The maximum absolute atomic E-state index is 9.89. The van der Waals surface area contributed by atoms with Crippen LogP contribution in [0.15, 0.2) is 18.7 Å². The van der Waals surface area contributed by atoms with Crippen molar-refractivity contribution in [3.63, 3.8) is 0 Å². The second kappa shape index (κ2) is 2.77. The topological polar surface area (TPSA) is 77.9 Å². The van der Waals surface area contributed by atoms with E-state index in [2.05, 4.69) is 9.97 Å². The van der Waals surface area contributed by atoms with Crippen LogP contribution in [0, 0.1) is 0 Å². The first-order valence-corrected chi connectivity index (χ1v) is 2.52. The summed E-state index contributed by atoms with van der Waals surface area (Å²) >= 11 is 0. The smallest absolute Gasteiger partial charge is 0.138 e. The van der Waals surface area contributed by atoms with E-state index >= 15 is 0 Å². The SMILES string of the molecule is O=C([O-])Nc1cncnc1. The van der Waals surface area contributed by atoms with Crippen LogP contribution >= 0.6 is 0 Å². The molecule has 1 N–H and O–H groups in total. The summed E-state index contributed by atoms with van der Waals surface area (Å²) in [6, 6.07) is 0. The van der Waals surface area contributed by atoms with Gasteiger partial charge in [0.25, 0.3) is 0 Å². The van der Waals surface area contributed by atoms with Crippen molar-refractivity contribution in [2.24, 2.45) is 0 Å². The molecular formula is C5H4N3O2-. The van der Waals surface area contributed by atoms with E-state index in [1.54, 1.807) is 0 Å². The maximum atomic E-state index is 9.89. The molecule has 0 aromatic carbocycles. The van der Waals surface area contributed by atoms with E-state index in [0.29, 0.717) is 5.69 Å². The zero-order valence-corrected chi connectivity index (χ0v) is 4.94. The van der Waals surface area contributed by atoms with Crippen LogP contribution in [0.4, 0.5) is 10.5 Å². The molecule has 0 aliphatic carbocycles. The molecule has 0 bridgehead atoms. The van der Waals surface area contributed by atoms with Crippen LogP contribution in [0.1, 0.15) is 0 Å². The van der Waals surface area contributed by atoms with E-state index in [-0.39, 0.29) is 0 Å². The van der Waals surface area contributed by atoms with Crippen LogP contribution in [0.3, 0.4) is 0 Å². The fourth-order valence-electron chi connectivity index (χ4n) is 0.481. The van der Waals surface area contributed by atoms with Crippen molar-refractivity contribution in [1.29, 1.82) is 0 Å². The molecule has 1 rings (SSSR count). The molecule has 0 saturated heterocycles. The van der Waals surface area contributed by atoms with Crippen molar-refractivity contribution in [3.8, 4) is 0 Å². The van der Waals surface area contributed by atoms with Crippen LogP contribution in [-0.4, -0.2) is 16.1 Å². The number of nitrogens with one attached hydrogen (secondary N) is 1. The summed E-state index contributed by atoms with van der Waals surface area (Å²) in [5, 5.41) is 11.9. The summed E-state index contributed by atoms with van der Waals surface area (Å²) in [5.74, 6) is 0. The van der Waals surface area contributed by atoms with E-state index in [1.165, 1.54) is 18.7 Å². The zero-order valence-electron chi connectivity index (χ0n) is 4.94. The number of aromatic nitrogens is 2. The van der Waals surface area contributed by atoms with E-state index in [4.69, 9.17) is 0 Å². The summed E-state index contributed by atoms with van der Waals surface area (Å²) in [6.07, 6.45) is 2.61. The minimum absolute atomic E-state index is 0.308. The average Bonchev–Trinajstić information content (AvgIpc) is 1.88. The Morgan fingerprint density at radius 2 is 2.10 bits per heavy atom. The standard InChI is InChI=1S/C5H5N3O2/c9-5(10)8-4-1-6-3-7-2-4/h1-3,8H,(H,9,10)/p-1. The summed E-state index contributed by atoms with van der Waals surface area (Å²) in [5.41, 5.74) is 0.308. The van der Waals surface area contributed by atoms with Crippen LogP contribution in [-0.2, 0) is 0 Å². The molecule has 0 aliphatic rings. The quantitative estimate of drug-likeness (QED) is 0.552. The molecular weight excluding hydrogens is 134 g/mol. The van der Waals surface area contributed by atoms with Gasteiger partial charge in [0.1, 0.15) is 12.4 Å². The Labute approximate surface area is 56.7 Å². The van der Waals surface area contributed by atoms with Gasteiger partial charge in [-0.3, -0.25) is 0 Å². The van der Waals surface area contributed by atoms with E-state index in [0.717, 1.165) is 0 Å². The molecule has 52 valence electrons. The fourth-order valence-corrected chi connectivity index (χ4v) is 0.481. The Morgan fingerprint density at radius 1 is 1.50 bits per heavy atom. The Hall–Kier alpha value is -1.65. The number of hydrogen-bond donors (Lipinski definition) is 1. The zero-order chi connectivity index (χ0) is 7.40. The van der Waals surface area contributed by atoms with E-state index in [9.17, 15) is 9.90 Å². The summed E-state index contributed by atoms with van der Waals surface area (Å²) < 4.78 is 0. The minimum atomic E-state index is -1.37. The molecule has 0 spiro atoms. The molecule has 0 fully saturated rings. The molecule has 0 unspecified atom stereocenters. The molecule has 5 heteroatoms. The number of hydrogen-bond acceptors (Lipinski definition) is 4. The highest BCUT2D eigenvalue weighted by atomic mass is 16.4. The number of amides is 1. The van der Waals surface area contributed by atoms with Gasteiger partial charge >= 0.3 is 0 Å². The van der Waals surface area contributed by atoms with Crippen LogP contribution in [0.5, 0.6) is 0 Å². The Kier molecular flexibility index (Phi) is 1.79. The van der Waals surface area contributed by atoms with Crippen molar-refractivity contribution in [2.75, 3.05) is 5.32 Å². The molecule has 10 heavy (non-hydrogen) atoms. The number of carbonyl (C=O) groups is 1. The van der Waals surface area contributed by atoms with Crippen molar-refractivity contribution in [1.82, 2.24) is 9.97 Å². The lowest BCUT2D eigenvalue weighted by atomic mass is 10.5. The summed E-state index contributed by atoms with van der Waals surface area (Å²) in [7, 11) is 0. The van der Waals surface area contributed by atoms with Gasteiger partial charge in [0.15, 0.2) is 0 Å². The van der Waals surface area contributed by atoms with Crippen molar-refractivity contribution >= 4 is 11.8 Å². The van der Waals surface area contributed by atoms with Gasteiger partial charge in [-0.1, -0.05) is 0 Å². The lowest BCUT2D eigenvalue weighted by Crippen LogP contribution is -2.28. The number of rotatable bonds is 1. The third-order valence-corrected chi connectivity index (χ3v) is 0.807. The minimum Gasteiger partial charge on any atom is -0.530 e. The largest absolute Gasteiger partial charge is 0.530 e. The van der Waals surface area contributed by atoms with Crippen molar-refractivity contribution < 1.29 is 9.90 Å². The van der Waals surface area contributed by atoms with E-state index < -0.39 is 6.09 Å². The Morgan fingerprint density at radius 3 is 2.60 bits per heavy atom. The van der Waals surface area contributed by atoms with Gasteiger partial charge in [-0.2, -0.15) is 0 Å². The monoisotopic (exact) mass is 138 g/mol. The van der Waals surface area contributed by atoms with Gasteiger partial charge in [-0.25, -0.2) is 9.97 Å². The highest BCUT2D eigenvalue weighted by Gasteiger charge is 1.87. The molecule has 1 amide bonds. The number of carboxylic acid groups (broad SMARTS) is 1. The molecule has 5 nitrogen and oxygen atoms in total. The molecule has 1 aromatic rings. The first-order chi connectivity index (χ1) is 4.79. The summed E-state index contributed by atoms with van der Waals surface area (Å²) in [6.45, 7) is 0. The van der Waals surface area contributed by atoms with Crippen molar-refractivity contribution in [3.05, 3.63) is 18.7 Å². The predicted octanol–water partition coefficient (Wildman–Crippen LogP) is -0.768. The second-order valence-corrected chi connectivity index (χ2v) is 1.54. The highest BCUT2D eigenvalue weighted by molar-refractivity contribution is 5.80. The number of nitrogens with zero attached hydrogens (tertiary/aromatic N) is 2. The first-order valence-electron chi connectivity index (χ1n) is 2.52. The van der Waals surface area contributed by atoms with E-state index in [1.807, 2.05) is 5.32 Å². The highest BCUT2D eigenvalue weighted by Crippen LogP contribution is 1.97. The third kappa shape index (κ3) is 1.70. The second-order valence-electron chi connectivity index (χ2n) is 1.54. The van der Waals surface area contributed by atoms with Gasteiger partial charge in [0.2, 0.25) is 0 Å². The van der Waals surface area contributed by atoms with Crippen LogP contribution in [0.2, 0.25) is 0 Å². The van der Waals surface area contributed by atoms with Crippen LogP contribution in [0.25, 0.3) is 0 Å². The normalized spacial score (nSPS) is 8.80. The molecule has 1 aromatic heterocycles. The molecule has 1 heterocycles. The van der Waals surface area contributed by atoms with Crippen LogP contribution < -0.4 is 10.4 Å². The van der Waals surface area contributed by atoms with Gasteiger partial charge in [0, 0.05) is 0 Å². The predicted molar refractivity (Wildman–Crippen MR) is 31.1 cm³/mol. The van der Waals surface area contributed by atoms with Gasteiger partial charge in [0.05, 0.1) is 18.1 Å². The first kappa shape index (κ1) is 6.47. The molecule has 0 radical (unpaired) electrons. The number of anilines is 1. The van der Waals surface area contributed by atoms with Gasteiger partial charge in [-0.15, -0.1) is 0 Å².